The zero-order chi connectivity index (χ0) is 15.1. The van der Waals surface area contributed by atoms with Crippen LogP contribution in [0.2, 0.25) is 12.6 Å². The molecule has 1 N–H and O–H groups in total. The smallest absolute Gasteiger partial charge is 0.359 e. The molecule has 0 aliphatic carbocycles. The van der Waals surface area contributed by atoms with Crippen LogP contribution in [0.4, 0.5) is 0 Å². The van der Waals surface area contributed by atoms with Crippen molar-refractivity contribution >= 4 is 26.8 Å². The van der Waals surface area contributed by atoms with Crippen molar-refractivity contribution in [2.24, 2.45) is 7.05 Å². The molecule has 5 nitrogen and oxygen atoms in total. The lowest BCUT2D eigenvalue weighted by Crippen LogP contribution is -2.36. The molecule has 0 spiro atoms. The van der Waals surface area contributed by atoms with Gasteiger partial charge in [0.25, 0.3) is 0 Å². The van der Waals surface area contributed by atoms with Gasteiger partial charge in [-0.2, -0.15) is 0 Å². The molecular weight excluding hydrogens is 292 g/mol. The number of aromatic nitrogens is 2. The van der Waals surface area contributed by atoms with Crippen LogP contribution in [-0.4, -0.2) is 37.1 Å². The minimum Gasteiger partial charge on any atom is -0.465 e. The van der Waals surface area contributed by atoms with Gasteiger partial charge in [-0.15, -0.1) is 0 Å². The van der Waals surface area contributed by atoms with Gasteiger partial charge in [-0.25, -0.2) is 4.57 Å². The molecule has 0 amide bonds. The van der Waals surface area contributed by atoms with E-state index in [1.165, 1.54) is 11.8 Å². The fourth-order valence-corrected chi connectivity index (χ4v) is 3.15. The van der Waals surface area contributed by atoms with E-state index in [1.807, 2.05) is 38.1 Å². The Morgan fingerprint density at radius 1 is 1.55 bits per heavy atom. The Bertz CT molecular complexity index is 469. The first kappa shape index (κ1) is 17.1. The van der Waals surface area contributed by atoms with Gasteiger partial charge in [0.05, 0.1) is 13.7 Å². The third-order valence-corrected chi connectivity index (χ3v) is 4.85. The number of rotatable bonds is 7. The Kier molecular flexibility index (Phi) is 7.18. The van der Waals surface area contributed by atoms with Gasteiger partial charge in [0.2, 0.25) is 9.04 Å². The zero-order valence-corrected chi connectivity index (χ0v) is 14.3. The Hall–Kier alpha value is -0.923. The summed E-state index contributed by atoms with van der Waals surface area (Å²) in [6.07, 6.45) is 0.729. The summed E-state index contributed by atoms with van der Waals surface area (Å²) in [5.74, 6) is 0.0195. The normalized spacial score (nSPS) is 10.9. The molecule has 0 aromatic carbocycles. The standard InChI is InChI=1S/C13H22N2O3SSi/c1-10-8-11(2)15(3)13(14-10)19-9-12(16)18-6-5-7-20(4)17/h8,17H,5-7,9H2,1-4H3/q+1. The first-order valence-corrected chi connectivity index (χ1v) is 9.68. The topological polar surface area (TPSA) is 63.3 Å². The van der Waals surface area contributed by atoms with E-state index in [-0.39, 0.29) is 11.7 Å². The molecule has 0 bridgehead atoms. The number of nitrogens with zero attached hydrogens (tertiary/aromatic N) is 2. The van der Waals surface area contributed by atoms with E-state index in [0.29, 0.717) is 6.61 Å². The van der Waals surface area contributed by atoms with Crippen LogP contribution < -0.4 is 4.57 Å². The minimum absolute atomic E-state index is 0.237. The van der Waals surface area contributed by atoms with E-state index in [2.05, 4.69) is 4.98 Å². The molecule has 7 heteroatoms. The van der Waals surface area contributed by atoms with Crippen LogP contribution in [0.5, 0.6) is 0 Å². The second-order valence-electron chi connectivity index (χ2n) is 4.73. The van der Waals surface area contributed by atoms with Crippen LogP contribution in [0, 0.1) is 13.8 Å². The molecule has 1 radical (unpaired) electrons. The van der Waals surface area contributed by atoms with Crippen molar-refractivity contribution in [1.29, 1.82) is 0 Å². The second kappa shape index (κ2) is 8.38. The highest BCUT2D eigenvalue weighted by molar-refractivity contribution is 7.99. The molecule has 20 heavy (non-hydrogen) atoms. The van der Waals surface area contributed by atoms with Crippen LogP contribution in [-0.2, 0) is 16.6 Å². The summed E-state index contributed by atoms with van der Waals surface area (Å²) in [4.78, 5) is 25.2. The van der Waals surface area contributed by atoms with Crippen molar-refractivity contribution in [3.63, 3.8) is 0 Å². The first-order valence-electron chi connectivity index (χ1n) is 6.54. The van der Waals surface area contributed by atoms with Gasteiger partial charge in [-0.3, -0.25) is 4.79 Å². The van der Waals surface area contributed by atoms with Gasteiger partial charge in [-0.1, -0.05) is 0 Å². The van der Waals surface area contributed by atoms with Crippen LogP contribution in [0.25, 0.3) is 0 Å². The molecular formula is C13H22N2O3SSi+. The third kappa shape index (κ3) is 6.02. The Morgan fingerprint density at radius 2 is 2.25 bits per heavy atom. The molecule has 0 saturated carbocycles. The van der Waals surface area contributed by atoms with Gasteiger partial charge in [0.15, 0.2) is 5.69 Å². The van der Waals surface area contributed by atoms with Crippen LogP contribution >= 0.6 is 11.8 Å². The molecule has 0 aliphatic heterocycles. The fraction of sp³-hybridized carbons (Fsp3) is 0.615. The quantitative estimate of drug-likeness (QED) is 0.204. The average molecular weight is 314 g/mol. The monoisotopic (exact) mass is 314 g/mol. The summed E-state index contributed by atoms with van der Waals surface area (Å²) in [6, 6.07) is 2.75. The minimum atomic E-state index is -1.21. The van der Waals surface area contributed by atoms with Gasteiger partial charge < -0.3 is 9.53 Å². The SMILES string of the molecule is Cc1cc(C)[n+](C)c(SCC(=O)OCCC[Si](C)O)n1. The molecule has 111 valence electrons. The number of hydrogen-bond acceptors (Lipinski definition) is 5. The largest absolute Gasteiger partial charge is 0.465 e. The second-order valence-corrected chi connectivity index (χ2v) is 7.64. The lowest BCUT2D eigenvalue weighted by atomic mass is 10.3. The molecule has 1 aromatic heterocycles. The maximum atomic E-state index is 11.6. The van der Waals surface area contributed by atoms with Gasteiger partial charge in [0, 0.05) is 13.0 Å². The molecule has 1 heterocycles. The number of hydrogen-bond donors (Lipinski definition) is 1. The number of thioether (sulfide) groups is 1. The van der Waals surface area contributed by atoms with Gasteiger partial charge in [0.1, 0.15) is 11.4 Å². The highest BCUT2D eigenvalue weighted by Crippen LogP contribution is 2.12. The van der Waals surface area contributed by atoms with Crippen LogP contribution in [0.15, 0.2) is 11.2 Å². The van der Waals surface area contributed by atoms with Crippen molar-refractivity contribution < 1.29 is 18.9 Å². The van der Waals surface area contributed by atoms with E-state index < -0.39 is 9.04 Å². The molecule has 0 fully saturated rings. The lowest BCUT2D eigenvalue weighted by Gasteiger charge is -2.05. The predicted octanol–water partition coefficient (Wildman–Crippen LogP) is 1.16. The third-order valence-electron chi connectivity index (χ3n) is 2.77. The average Bonchev–Trinajstić information content (AvgIpc) is 2.37. The Morgan fingerprint density at radius 3 is 2.90 bits per heavy atom. The summed E-state index contributed by atoms with van der Waals surface area (Å²) in [5.41, 5.74) is 2.05. The summed E-state index contributed by atoms with van der Waals surface area (Å²) in [5, 5.41) is 0.814. The zero-order valence-electron chi connectivity index (χ0n) is 12.5. The highest BCUT2D eigenvalue weighted by atomic mass is 32.2. The summed E-state index contributed by atoms with van der Waals surface area (Å²) < 4.78 is 7.08. The maximum absolute atomic E-state index is 11.6. The van der Waals surface area contributed by atoms with Crippen molar-refractivity contribution in [3.8, 4) is 0 Å². The number of ether oxygens (including phenoxy) is 1. The number of carbonyl (C=O) groups excluding carboxylic acids is 1. The van der Waals surface area contributed by atoms with E-state index in [0.717, 1.165) is 29.0 Å². The summed E-state index contributed by atoms with van der Waals surface area (Å²) in [6.45, 7) is 6.16. The fourth-order valence-electron chi connectivity index (χ4n) is 1.62. The Balaban J connectivity index is 2.38. The summed E-state index contributed by atoms with van der Waals surface area (Å²) >= 11 is 1.38. The predicted molar refractivity (Wildman–Crippen MR) is 79.8 cm³/mol. The number of aryl methyl sites for hydroxylation is 2. The maximum Gasteiger partial charge on any atom is 0.359 e. The Labute approximate surface area is 126 Å². The van der Waals surface area contributed by atoms with Crippen molar-refractivity contribution in [2.75, 3.05) is 12.4 Å². The first-order chi connectivity index (χ1) is 9.40. The number of carbonyl (C=O) groups is 1. The molecule has 0 atom stereocenters. The van der Waals surface area contributed by atoms with Crippen molar-refractivity contribution in [3.05, 3.63) is 17.5 Å². The van der Waals surface area contributed by atoms with Crippen molar-refractivity contribution in [2.45, 2.75) is 38.0 Å². The van der Waals surface area contributed by atoms with E-state index >= 15 is 0 Å². The van der Waals surface area contributed by atoms with Crippen LogP contribution in [0.3, 0.4) is 0 Å². The van der Waals surface area contributed by atoms with Crippen molar-refractivity contribution in [1.82, 2.24) is 4.98 Å². The molecule has 0 aliphatic rings. The number of esters is 1. The van der Waals surface area contributed by atoms with Gasteiger partial charge >= 0.3 is 11.1 Å². The van der Waals surface area contributed by atoms with Crippen LogP contribution in [0.1, 0.15) is 17.8 Å². The molecule has 0 unspecified atom stereocenters. The van der Waals surface area contributed by atoms with Gasteiger partial charge in [-0.05, 0) is 42.7 Å². The van der Waals surface area contributed by atoms with E-state index in [4.69, 9.17) is 4.74 Å². The van der Waals surface area contributed by atoms with E-state index in [1.54, 1.807) is 0 Å². The molecule has 0 saturated heterocycles. The van der Waals surface area contributed by atoms with E-state index in [9.17, 15) is 9.59 Å². The highest BCUT2D eigenvalue weighted by Gasteiger charge is 2.16. The molecule has 1 rings (SSSR count). The summed E-state index contributed by atoms with van der Waals surface area (Å²) in [7, 11) is 0.720. The lowest BCUT2D eigenvalue weighted by molar-refractivity contribution is -0.719. The molecule has 1 aromatic rings.